The standard InChI is InChI=1S/C15H29N3O/c1-4-9-17-15(2,13-16)8-6-10-18(3)12-14-7-5-11-19-14/h14,17H,4-12H2,1-3H3. The number of ether oxygens (including phenoxy) is 1. The van der Waals surface area contributed by atoms with E-state index in [0.29, 0.717) is 6.10 Å². The fourth-order valence-electron chi connectivity index (χ4n) is 2.51. The van der Waals surface area contributed by atoms with Crippen molar-refractivity contribution >= 4 is 0 Å². The lowest BCUT2D eigenvalue weighted by atomic mass is 9.97. The molecular formula is C15H29N3O. The maximum Gasteiger partial charge on any atom is 0.103 e. The highest BCUT2D eigenvalue weighted by atomic mass is 16.5. The van der Waals surface area contributed by atoms with Crippen molar-refractivity contribution in [1.82, 2.24) is 10.2 Å². The summed E-state index contributed by atoms with van der Waals surface area (Å²) in [7, 11) is 2.14. The van der Waals surface area contributed by atoms with E-state index < -0.39 is 0 Å². The molecule has 1 rings (SSSR count). The molecule has 0 bridgehead atoms. The second-order valence-electron chi connectivity index (χ2n) is 5.87. The van der Waals surface area contributed by atoms with E-state index in [1.165, 1.54) is 12.8 Å². The van der Waals surface area contributed by atoms with E-state index >= 15 is 0 Å². The first-order valence-electron chi connectivity index (χ1n) is 7.56. The summed E-state index contributed by atoms with van der Waals surface area (Å²) in [5.74, 6) is 0. The van der Waals surface area contributed by atoms with Crippen LogP contribution in [0.2, 0.25) is 0 Å². The van der Waals surface area contributed by atoms with E-state index in [2.05, 4.69) is 30.3 Å². The molecule has 2 atom stereocenters. The van der Waals surface area contributed by atoms with Gasteiger partial charge in [-0.2, -0.15) is 5.26 Å². The zero-order valence-corrected chi connectivity index (χ0v) is 12.7. The van der Waals surface area contributed by atoms with Gasteiger partial charge in [-0.15, -0.1) is 0 Å². The van der Waals surface area contributed by atoms with Crippen LogP contribution in [0, 0.1) is 11.3 Å². The van der Waals surface area contributed by atoms with Gasteiger partial charge in [0.1, 0.15) is 5.54 Å². The minimum atomic E-state index is -0.374. The second-order valence-corrected chi connectivity index (χ2v) is 5.87. The maximum atomic E-state index is 9.26. The van der Waals surface area contributed by atoms with Gasteiger partial charge in [0.15, 0.2) is 0 Å². The summed E-state index contributed by atoms with van der Waals surface area (Å²) in [5.41, 5.74) is -0.374. The van der Waals surface area contributed by atoms with Gasteiger partial charge in [0.25, 0.3) is 0 Å². The number of nitriles is 1. The third-order valence-corrected chi connectivity index (χ3v) is 3.77. The lowest BCUT2D eigenvalue weighted by Gasteiger charge is -2.25. The van der Waals surface area contributed by atoms with Crippen molar-refractivity contribution in [1.29, 1.82) is 5.26 Å². The van der Waals surface area contributed by atoms with Gasteiger partial charge in [0.2, 0.25) is 0 Å². The molecule has 0 spiro atoms. The van der Waals surface area contributed by atoms with Gasteiger partial charge >= 0.3 is 0 Å². The minimum Gasteiger partial charge on any atom is -0.377 e. The van der Waals surface area contributed by atoms with Gasteiger partial charge in [-0.3, -0.25) is 5.32 Å². The first-order chi connectivity index (χ1) is 9.09. The molecule has 0 aromatic carbocycles. The van der Waals surface area contributed by atoms with E-state index in [1.54, 1.807) is 0 Å². The van der Waals surface area contributed by atoms with Crippen molar-refractivity contribution < 1.29 is 4.74 Å². The largest absolute Gasteiger partial charge is 0.377 e. The summed E-state index contributed by atoms with van der Waals surface area (Å²) in [6, 6.07) is 2.41. The Labute approximate surface area is 118 Å². The number of nitrogens with one attached hydrogen (secondary N) is 1. The van der Waals surface area contributed by atoms with Crippen molar-refractivity contribution in [2.45, 2.75) is 57.6 Å². The van der Waals surface area contributed by atoms with Crippen LogP contribution in [-0.4, -0.2) is 49.8 Å². The Morgan fingerprint density at radius 3 is 2.89 bits per heavy atom. The molecule has 1 saturated heterocycles. The predicted molar refractivity (Wildman–Crippen MR) is 78.0 cm³/mol. The molecule has 110 valence electrons. The lowest BCUT2D eigenvalue weighted by molar-refractivity contribution is 0.0804. The fraction of sp³-hybridized carbons (Fsp3) is 0.933. The first kappa shape index (κ1) is 16.4. The topological polar surface area (TPSA) is 48.3 Å². The van der Waals surface area contributed by atoms with Crippen LogP contribution < -0.4 is 5.32 Å². The molecule has 1 N–H and O–H groups in total. The molecule has 1 aliphatic rings. The molecule has 0 radical (unpaired) electrons. The zero-order valence-electron chi connectivity index (χ0n) is 12.7. The van der Waals surface area contributed by atoms with Crippen LogP contribution in [0.4, 0.5) is 0 Å². The molecule has 4 heteroatoms. The number of hydrogen-bond donors (Lipinski definition) is 1. The summed E-state index contributed by atoms with van der Waals surface area (Å²) < 4.78 is 5.64. The van der Waals surface area contributed by atoms with E-state index in [-0.39, 0.29) is 5.54 Å². The van der Waals surface area contributed by atoms with Gasteiger partial charge in [-0.05, 0) is 59.2 Å². The Kier molecular flexibility index (Phi) is 7.37. The van der Waals surface area contributed by atoms with Crippen molar-refractivity contribution in [3.05, 3.63) is 0 Å². The van der Waals surface area contributed by atoms with Crippen molar-refractivity contribution in [2.24, 2.45) is 0 Å². The van der Waals surface area contributed by atoms with Crippen LogP contribution in [0.25, 0.3) is 0 Å². The Hall–Kier alpha value is -0.630. The van der Waals surface area contributed by atoms with Crippen molar-refractivity contribution in [2.75, 3.05) is 33.3 Å². The third kappa shape index (κ3) is 6.38. The molecule has 19 heavy (non-hydrogen) atoms. The molecule has 0 saturated carbocycles. The molecule has 1 aliphatic heterocycles. The van der Waals surface area contributed by atoms with E-state index in [0.717, 1.165) is 45.5 Å². The molecule has 0 aromatic heterocycles. The van der Waals surface area contributed by atoms with Gasteiger partial charge in [0.05, 0.1) is 12.2 Å². The SMILES string of the molecule is CCCNC(C)(C#N)CCCN(C)CC1CCCO1. The van der Waals surface area contributed by atoms with Gasteiger partial charge < -0.3 is 9.64 Å². The number of nitrogens with zero attached hydrogens (tertiary/aromatic N) is 2. The number of likely N-dealkylation sites (N-methyl/N-ethyl adjacent to an activating group) is 1. The summed E-state index contributed by atoms with van der Waals surface area (Å²) in [5, 5.41) is 12.6. The molecule has 1 fully saturated rings. The zero-order chi connectivity index (χ0) is 14.1. The molecule has 2 unspecified atom stereocenters. The van der Waals surface area contributed by atoms with Gasteiger partial charge in [-0.1, -0.05) is 6.92 Å². The summed E-state index contributed by atoms with van der Waals surface area (Å²) in [4.78, 5) is 2.33. The van der Waals surface area contributed by atoms with Crippen LogP contribution in [0.1, 0.15) is 46.0 Å². The summed E-state index contributed by atoms with van der Waals surface area (Å²) >= 11 is 0. The summed E-state index contributed by atoms with van der Waals surface area (Å²) in [6.45, 7) is 8.02. The van der Waals surface area contributed by atoms with Gasteiger partial charge in [0, 0.05) is 13.2 Å². The van der Waals surface area contributed by atoms with Crippen LogP contribution >= 0.6 is 0 Å². The highest BCUT2D eigenvalue weighted by Crippen LogP contribution is 2.14. The Bertz CT molecular complexity index is 284. The van der Waals surface area contributed by atoms with E-state index in [1.807, 2.05) is 6.92 Å². The smallest absolute Gasteiger partial charge is 0.103 e. The Morgan fingerprint density at radius 1 is 1.53 bits per heavy atom. The number of hydrogen-bond acceptors (Lipinski definition) is 4. The normalized spacial score (nSPS) is 22.4. The van der Waals surface area contributed by atoms with Crippen molar-refractivity contribution in [3.63, 3.8) is 0 Å². The quantitative estimate of drug-likeness (QED) is 0.695. The van der Waals surface area contributed by atoms with E-state index in [9.17, 15) is 5.26 Å². The van der Waals surface area contributed by atoms with Gasteiger partial charge in [-0.25, -0.2) is 0 Å². The number of rotatable bonds is 9. The van der Waals surface area contributed by atoms with Crippen molar-refractivity contribution in [3.8, 4) is 6.07 Å². The predicted octanol–water partition coefficient (Wildman–Crippen LogP) is 2.16. The summed E-state index contributed by atoms with van der Waals surface area (Å²) in [6.07, 6.45) is 5.83. The van der Waals surface area contributed by atoms with Crippen LogP contribution in [0.5, 0.6) is 0 Å². The van der Waals surface area contributed by atoms with E-state index in [4.69, 9.17) is 4.74 Å². The highest BCUT2D eigenvalue weighted by Gasteiger charge is 2.22. The van der Waals surface area contributed by atoms with Crippen LogP contribution in [0.3, 0.4) is 0 Å². The molecule has 1 heterocycles. The fourth-order valence-corrected chi connectivity index (χ4v) is 2.51. The second kappa shape index (κ2) is 8.52. The highest BCUT2D eigenvalue weighted by molar-refractivity contribution is 5.03. The Morgan fingerprint density at radius 2 is 2.32 bits per heavy atom. The minimum absolute atomic E-state index is 0.374. The van der Waals surface area contributed by atoms with Crippen LogP contribution in [0.15, 0.2) is 0 Å². The average molecular weight is 267 g/mol. The average Bonchev–Trinajstić information content (AvgIpc) is 2.89. The molecule has 0 aromatic rings. The molecule has 4 nitrogen and oxygen atoms in total. The maximum absolute atomic E-state index is 9.26. The monoisotopic (exact) mass is 267 g/mol. The molecule has 0 amide bonds. The lowest BCUT2D eigenvalue weighted by Crippen LogP contribution is -2.42. The molecular weight excluding hydrogens is 238 g/mol. The third-order valence-electron chi connectivity index (χ3n) is 3.77. The molecule has 0 aliphatic carbocycles. The first-order valence-corrected chi connectivity index (χ1v) is 7.56. The van der Waals surface area contributed by atoms with Crippen LogP contribution in [-0.2, 0) is 4.74 Å². The Balaban J connectivity index is 2.18.